The Labute approximate surface area is 154 Å². The lowest BCUT2D eigenvalue weighted by atomic mass is 9.99. The highest BCUT2D eigenvalue weighted by atomic mass is 32.2. The number of nitrogens with one attached hydrogen (secondary N) is 1. The van der Waals surface area contributed by atoms with Crippen LogP contribution in [0.5, 0.6) is 0 Å². The van der Waals surface area contributed by atoms with E-state index in [1.54, 1.807) is 0 Å². The third-order valence-electron chi connectivity index (χ3n) is 4.16. The highest BCUT2D eigenvalue weighted by Crippen LogP contribution is 2.45. The highest BCUT2D eigenvalue weighted by molar-refractivity contribution is 7.99. The first kappa shape index (κ1) is 17.9. The Bertz CT molecular complexity index is 706. The van der Waals surface area contributed by atoms with E-state index in [9.17, 15) is 4.79 Å². The van der Waals surface area contributed by atoms with Gasteiger partial charge in [0, 0.05) is 24.0 Å². The van der Waals surface area contributed by atoms with Gasteiger partial charge in [-0.05, 0) is 43.0 Å². The van der Waals surface area contributed by atoms with Crippen molar-refractivity contribution in [3.8, 4) is 11.1 Å². The summed E-state index contributed by atoms with van der Waals surface area (Å²) in [7, 11) is 0. The average Bonchev–Trinajstić information content (AvgIpc) is 2.87. The van der Waals surface area contributed by atoms with Gasteiger partial charge in [-0.25, -0.2) is 4.79 Å². The van der Waals surface area contributed by atoms with Gasteiger partial charge in [-0.3, -0.25) is 0 Å². The predicted octanol–water partition coefficient (Wildman–Crippen LogP) is 5.06. The Morgan fingerprint density at radius 3 is 2.16 bits per heavy atom. The van der Waals surface area contributed by atoms with E-state index in [4.69, 9.17) is 4.74 Å². The number of thioether (sulfide) groups is 1. The molecule has 0 heterocycles. The van der Waals surface area contributed by atoms with Crippen molar-refractivity contribution in [2.24, 2.45) is 0 Å². The minimum atomic E-state index is -0.450. The SMILES string of the molecule is CC(C)(C)OC(=O)NCCSCC1c2ccccc2-c2ccccc21. The zero-order chi connectivity index (χ0) is 17.9. The number of ether oxygens (including phenoxy) is 1. The molecule has 2 aromatic carbocycles. The van der Waals surface area contributed by atoms with Crippen LogP contribution < -0.4 is 5.32 Å². The molecule has 0 fully saturated rings. The van der Waals surface area contributed by atoms with Crippen LogP contribution in [0.2, 0.25) is 0 Å². The first-order valence-corrected chi connectivity index (χ1v) is 9.84. The van der Waals surface area contributed by atoms with Crippen LogP contribution in [-0.2, 0) is 4.74 Å². The summed E-state index contributed by atoms with van der Waals surface area (Å²) in [5.41, 5.74) is 5.09. The number of hydrogen-bond donors (Lipinski definition) is 1. The molecule has 4 heteroatoms. The lowest BCUT2D eigenvalue weighted by Gasteiger charge is -2.19. The molecule has 0 saturated heterocycles. The van der Waals surface area contributed by atoms with Crippen LogP contribution in [0.3, 0.4) is 0 Å². The van der Waals surface area contributed by atoms with Gasteiger partial charge in [0.1, 0.15) is 5.60 Å². The summed E-state index contributed by atoms with van der Waals surface area (Å²) in [6.45, 7) is 6.23. The van der Waals surface area contributed by atoms with Crippen LogP contribution in [-0.4, -0.2) is 29.7 Å². The summed E-state index contributed by atoms with van der Waals surface area (Å²) in [5, 5.41) is 2.82. The molecular weight excluding hydrogens is 330 g/mol. The maximum Gasteiger partial charge on any atom is 0.407 e. The molecule has 1 aliphatic rings. The van der Waals surface area contributed by atoms with E-state index in [1.807, 2.05) is 32.5 Å². The Kier molecular flexibility index (Phi) is 5.38. The Morgan fingerprint density at radius 1 is 1.04 bits per heavy atom. The molecule has 25 heavy (non-hydrogen) atoms. The number of rotatable bonds is 5. The van der Waals surface area contributed by atoms with Crippen LogP contribution in [0, 0.1) is 0 Å². The molecule has 0 aliphatic heterocycles. The number of amides is 1. The topological polar surface area (TPSA) is 38.3 Å². The molecule has 0 spiro atoms. The van der Waals surface area contributed by atoms with Gasteiger partial charge in [0.15, 0.2) is 0 Å². The second-order valence-electron chi connectivity index (χ2n) is 7.23. The van der Waals surface area contributed by atoms with Crippen molar-refractivity contribution in [1.82, 2.24) is 5.32 Å². The van der Waals surface area contributed by atoms with Crippen molar-refractivity contribution in [2.75, 3.05) is 18.1 Å². The van der Waals surface area contributed by atoms with Crippen LogP contribution in [0.25, 0.3) is 11.1 Å². The fourth-order valence-corrected chi connectivity index (χ4v) is 4.19. The molecule has 0 bridgehead atoms. The minimum absolute atomic E-state index is 0.343. The summed E-state index contributed by atoms with van der Waals surface area (Å²) in [5.74, 6) is 2.32. The Balaban J connectivity index is 1.53. The van der Waals surface area contributed by atoms with Gasteiger partial charge in [0.25, 0.3) is 0 Å². The van der Waals surface area contributed by atoms with Crippen molar-refractivity contribution in [1.29, 1.82) is 0 Å². The molecule has 3 rings (SSSR count). The third-order valence-corrected chi connectivity index (χ3v) is 5.22. The van der Waals surface area contributed by atoms with Crippen molar-refractivity contribution in [3.05, 3.63) is 59.7 Å². The number of alkyl carbamates (subject to hydrolysis) is 1. The molecule has 1 N–H and O–H groups in total. The van der Waals surface area contributed by atoms with Crippen molar-refractivity contribution >= 4 is 17.9 Å². The number of hydrogen-bond acceptors (Lipinski definition) is 3. The monoisotopic (exact) mass is 355 g/mol. The number of fused-ring (bicyclic) bond motifs is 3. The summed E-state index contributed by atoms with van der Waals surface area (Å²) in [6.07, 6.45) is -0.343. The van der Waals surface area contributed by atoms with Gasteiger partial charge >= 0.3 is 6.09 Å². The molecule has 132 valence electrons. The van der Waals surface area contributed by atoms with Gasteiger partial charge in [-0.1, -0.05) is 48.5 Å². The summed E-state index contributed by atoms with van der Waals surface area (Å²) in [6, 6.07) is 17.3. The first-order chi connectivity index (χ1) is 12.0. The predicted molar refractivity (Wildman–Crippen MR) is 105 cm³/mol. The molecule has 0 saturated carbocycles. The van der Waals surface area contributed by atoms with E-state index in [0.29, 0.717) is 12.5 Å². The van der Waals surface area contributed by atoms with Gasteiger partial charge in [-0.15, -0.1) is 0 Å². The fraction of sp³-hybridized carbons (Fsp3) is 0.381. The van der Waals surface area contributed by atoms with Crippen molar-refractivity contribution in [3.63, 3.8) is 0 Å². The molecule has 1 amide bonds. The normalized spacial score (nSPS) is 13.2. The molecule has 0 unspecified atom stereocenters. The minimum Gasteiger partial charge on any atom is -0.444 e. The zero-order valence-electron chi connectivity index (χ0n) is 15.0. The highest BCUT2D eigenvalue weighted by Gasteiger charge is 2.27. The van der Waals surface area contributed by atoms with Crippen LogP contribution in [0.15, 0.2) is 48.5 Å². The standard InChI is InChI=1S/C21H25NO2S/c1-21(2,3)24-20(23)22-12-13-25-14-19-17-10-6-4-8-15(17)16-9-5-7-11-18(16)19/h4-11,19H,12-14H2,1-3H3,(H,22,23). The lowest BCUT2D eigenvalue weighted by molar-refractivity contribution is 0.0531. The van der Waals surface area contributed by atoms with E-state index in [0.717, 1.165) is 11.5 Å². The summed E-state index contributed by atoms with van der Waals surface area (Å²) in [4.78, 5) is 11.7. The number of carbonyl (C=O) groups is 1. The second kappa shape index (κ2) is 7.52. The van der Waals surface area contributed by atoms with Crippen LogP contribution in [0.1, 0.15) is 37.8 Å². The van der Waals surface area contributed by atoms with Gasteiger partial charge in [0.05, 0.1) is 0 Å². The maximum absolute atomic E-state index is 11.7. The quantitative estimate of drug-likeness (QED) is 0.762. The largest absolute Gasteiger partial charge is 0.444 e. The third kappa shape index (κ3) is 4.37. The Morgan fingerprint density at radius 2 is 1.60 bits per heavy atom. The van der Waals surface area contributed by atoms with Gasteiger partial charge in [0.2, 0.25) is 0 Å². The zero-order valence-corrected chi connectivity index (χ0v) is 15.9. The average molecular weight is 356 g/mol. The molecular formula is C21H25NO2S. The number of benzene rings is 2. The smallest absolute Gasteiger partial charge is 0.407 e. The molecule has 0 radical (unpaired) electrons. The number of carbonyl (C=O) groups excluding carboxylic acids is 1. The molecule has 1 aliphatic carbocycles. The maximum atomic E-state index is 11.7. The van der Waals surface area contributed by atoms with E-state index in [1.165, 1.54) is 22.3 Å². The van der Waals surface area contributed by atoms with Crippen molar-refractivity contribution < 1.29 is 9.53 Å². The van der Waals surface area contributed by atoms with E-state index < -0.39 is 5.60 Å². The lowest BCUT2D eigenvalue weighted by Crippen LogP contribution is -2.33. The molecule has 0 aromatic heterocycles. The molecule has 2 aromatic rings. The Hall–Kier alpha value is -1.94. The van der Waals surface area contributed by atoms with Gasteiger partial charge in [-0.2, -0.15) is 11.8 Å². The van der Waals surface area contributed by atoms with E-state index >= 15 is 0 Å². The molecule has 0 atom stereocenters. The van der Waals surface area contributed by atoms with Crippen molar-refractivity contribution in [2.45, 2.75) is 32.3 Å². The van der Waals surface area contributed by atoms with Crippen LogP contribution >= 0.6 is 11.8 Å². The fourth-order valence-electron chi connectivity index (χ4n) is 3.18. The first-order valence-electron chi connectivity index (χ1n) is 8.68. The van der Waals surface area contributed by atoms with E-state index in [-0.39, 0.29) is 6.09 Å². The van der Waals surface area contributed by atoms with Crippen LogP contribution in [0.4, 0.5) is 4.79 Å². The second-order valence-corrected chi connectivity index (χ2v) is 8.38. The molecule has 3 nitrogen and oxygen atoms in total. The summed E-state index contributed by atoms with van der Waals surface area (Å²) < 4.78 is 5.25. The van der Waals surface area contributed by atoms with E-state index in [2.05, 4.69) is 53.8 Å². The summed E-state index contributed by atoms with van der Waals surface area (Å²) >= 11 is 1.87. The van der Waals surface area contributed by atoms with Gasteiger partial charge < -0.3 is 10.1 Å².